The van der Waals surface area contributed by atoms with Crippen molar-refractivity contribution >= 4 is 34.5 Å². The highest BCUT2D eigenvalue weighted by atomic mass is 16.5. The molecule has 1 aromatic heterocycles. The predicted octanol–water partition coefficient (Wildman–Crippen LogP) is 7.19. The number of amides is 2. The number of H-pyrrole nitrogens is 1. The summed E-state index contributed by atoms with van der Waals surface area (Å²) in [4.78, 5) is 20.9. The molecule has 0 bridgehead atoms. The molecule has 1 aliphatic rings. The lowest BCUT2D eigenvalue weighted by molar-refractivity contribution is 0.158. The van der Waals surface area contributed by atoms with E-state index in [0.29, 0.717) is 28.8 Å². The summed E-state index contributed by atoms with van der Waals surface area (Å²) < 4.78 is 11.6. The van der Waals surface area contributed by atoms with Crippen LogP contribution in [-0.4, -0.2) is 28.7 Å². The number of anilines is 2. The van der Waals surface area contributed by atoms with Crippen LogP contribution in [0.4, 0.5) is 16.2 Å². The second-order valence-corrected chi connectivity index (χ2v) is 9.77. The van der Waals surface area contributed by atoms with Crippen molar-refractivity contribution in [1.82, 2.24) is 9.97 Å². The van der Waals surface area contributed by atoms with Gasteiger partial charge in [-0.3, -0.25) is 0 Å². The summed E-state index contributed by atoms with van der Waals surface area (Å²) in [5, 5.41) is 5.78. The van der Waals surface area contributed by atoms with E-state index >= 15 is 0 Å². The van der Waals surface area contributed by atoms with Crippen molar-refractivity contribution in [2.45, 2.75) is 39.2 Å². The van der Waals surface area contributed by atoms with Gasteiger partial charge in [0.25, 0.3) is 0 Å². The second kappa shape index (κ2) is 9.07. The van der Waals surface area contributed by atoms with Crippen molar-refractivity contribution in [2.24, 2.45) is 0 Å². The molecule has 3 N–H and O–H groups in total. The minimum absolute atomic E-state index is 0.377. The molecule has 0 saturated carbocycles. The number of imidazole rings is 1. The van der Waals surface area contributed by atoms with Crippen LogP contribution < -0.4 is 20.1 Å². The van der Waals surface area contributed by atoms with Crippen molar-refractivity contribution in [3.63, 3.8) is 0 Å². The van der Waals surface area contributed by atoms with Gasteiger partial charge in [0.1, 0.15) is 17.2 Å². The molecule has 3 aromatic carbocycles. The zero-order valence-corrected chi connectivity index (χ0v) is 21.1. The van der Waals surface area contributed by atoms with Gasteiger partial charge in [0, 0.05) is 11.3 Å². The Morgan fingerprint density at radius 2 is 1.92 bits per heavy atom. The van der Waals surface area contributed by atoms with Crippen LogP contribution in [0.3, 0.4) is 0 Å². The maximum atomic E-state index is 12.8. The number of carbonyl (C=O) groups is 1. The van der Waals surface area contributed by atoms with Gasteiger partial charge in [-0.1, -0.05) is 32.0 Å². The molecule has 0 radical (unpaired) electrons. The number of aromatic amines is 1. The van der Waals surface area contributed by atoms with Crippen LogP contribution in [0.25, 0.3) is 28.5 Å². The molecule has 1 aliphatic heterocycles. The average molecular weight is 483 g/mol. The summed E-state index contributed by atoms with van der Waals surface area (Å²) in [6.07, 6.45) is 3.93. The lowest BCUT2D eigenvalue weighted by atomic mass is 10.0. The Morgan fingerprint density at radius 1 is 1.08 bits per heavy atom. The van der Waals surface area contributed by atoms with E-state index in [9.17, 15) is 4.79 Å². The summed E-state index contributed by atoms with van der Waals surface area (Å²) in [6, 6.07) is 17.2. The highest BCUT2D eigenvalue weighted by molar-refractivity contribution is 6.02. The predicted molar refractivity (Wildman–Crippen MR) is 145 cm³/mol. The molecule has 0 aliphatic carbocycles. The van der Waals surface area contributed by atoms with Gasteiger partial charge >= 0.3 is 6.03 Å². The molecule has 5 rings (SSSR count). The van der Waals surface area contributed by atoms with E-state index in [0.717, 1.165) is 28.0 Å². The summed E-state index contributed by atoms with van der Waals surface area (Å²) in [6.45, 7) is 8.32. The van der Waals surface area contributed by atoms with E-state index in [1.807, 2.05) is 62.4 Å². The van der Waals surface area contributed by atoms with Gasteiger partial charge in [0.15, 0.2) is 5.75 Å². The molecular formula is C29H30N4O3. The van der Waals surface area contributed by atoms with Crippen molar-refractivity contribution in [3.05, 3.63) is 71.8 Å². The lowest BCUT2D eigenvalue weighted by Crippen LogP contribution is -2.27. The van der Waals surface area contributed by atoms with E-state index in [4.69, 9.17) is 14.5 Å². The average Bonchev–Trinajstić information content (AvgIpc) is 3.27. The fraction of sp³-hybridized carbons (Fsp3) is 0.241. The maximum absolute atomic E-state index is 12.8. The number of ether oxygens (including phenoxy) is 2. The van der Waals surface area contributed by atoms with Crippen LogP contribution in [0.1, 0.15) is 44.7 Å². The van der Waals surface area contributed by atoms with Crippen LogP contribution in [0, 0.1) is 0 Å². The highest BCUT2D eigenvalue weighted by Crippen LogP contribution is 2.41. The Morgan fingerprint density at radius 3 is 2.69 bits per heavy atom. The lowest BCUT2D eigenvalue weighted by Gasteiger charge is -2.29. The van der Waals surface area contributed by atoms with E-state index in [-0.39, 0.29) is 6.03 Å². The first-order chi connectivity index (χ1) is 17.2. The first kappa shape index (κ1) is 23.5. The first-order valence-corrected chi connectivity index (χ1v) is 12.0. The smallest absolute Gasteiger partial charge is 0.323 e. The Balaban J connectivity index is 1.35. The summed E-state index contributed by atoms with van der Waals surface area (Å²) in [5.74, 6) is 2.50. The fourth-order valence-electron chi connectivity index (χ4n) is 4.30. The van der Waals surface area contributed by atoms with E-state index in [2.05, 4.69) is 41.6 Å². The molecule has 0 unspecified atom stereocenters. The SMILES string of the molecule is COc1c(NC(=O)Nc2ccc3nc(-c4cccc(C(C)C)c4)[nH]c3c2)ccc2c1C=CC(C)(C)O2. The van der Waals surface area contributed by atoms with Gasteiger partial charge in [-0.2, -0.15) is 0 Å². The Kier molecular flexibility index (Phi) is 5.92. The Hall–Kier alpha value is -4.26. The molecule has 0 atom stereocenters. The number of urea groups is 1. The molecule has 7 nitrogen and oxygen atoms in total. The van der Waals surface area contributed by atoms with E-state index < -0.39 is 5.60 Å². The standard InChI is InChI=1S/C29H30N4O3/c1-17(2)18-7-6-8-19(15-18)27-31-22-10-9-20(16-24(22)32-27)30-28(34)33-23-11-12-25-21(26(23)35-5)13-14-29(3,4)36-25/h6-17H,1-5H3,(H,31,32)(H2,30,33,34). The van der Waals surface area contributed by atoms with E-state index in [1.54, 1.807) is 13.2 Å². The van der Waals surface area contributed by atoms with Crippen LogP contribution in [-0.2, 0) is 0 Å². The van der Waals surface area contributed by atoms with Crippen LogP contribution >= 0.6 is 0 Å². The minimum atomic E-state index is -0.396. The quantitative estimate of drug-likeness (QED) is 0.281. The molecule has 0 fully saturated rings. The van der Waals surface area contributed by atoms with Crippen LogP contribution in [0.15, 0.2) is 60.7 Å². The van der Waals surface area contributed by atoms with Crippen molar-refractivity contribution in [3.8, 4) is 22.9 Å². The first-order valence-electron chi connectivity index (χ1n) is 12.0. The summed E-state index contributed by atoms with van der Waals surface area (Å²) in [5.41, 5.74) is 5.56. The topological polar surface area (TPSA) is 88.3 Å². The number of hydrogen-bond acceptors (Lipinski definition) is 4. The number of carbonyl (C=O) groups excluding carboxylic acids is 1. The molecule has 0 saturated heterocycles. The third-order valence-electron chi connectivity index (χ3n) is 6.20. The number of hydrogen-bond donors (Lipinski definition) is 3. The number of methoxy groups -OCH3 is 1. The number of rotatable bonds is 5. The summed E-state index contributed by atoms with van der Waals surface area (Å²) in [7, 11) is 1.58. The molecule has 36 heavy (non-hydrogen) atoms. The maximum Gasteiger partial charge on any atom is 0.323 e. The van der Waals surface area contributed by atoms with E-state index in [1.165, 1.54) is 5.56 Å². The normalized spacial score (nSPS) is 13.8. The Labute approximate surface area is 210 Å². The third kappa shape index (κ3) is 4.64. The Bertz CT molecular complexity index is 1480. The molecule has 2 heterocycles. The number of nitrogens with zero attached hydrogens (tertiary/aromatic N) is 1. The monoisotopic (exact) mass is 482 g/mol. The summed E-state index contributed by atoms with van der Waals surface area (Å²) >= 11 is 0. The van der Waals surface area contributed by atoms with Gasteiger partial charge in [-0.25, -0.2) is 9.78 Å². The largest absolute Gasteiger partial charge is 0.494 e. The van der Waals surface area contributed by atoms with Gasteiger partial charge < -0.3 is 25.1 Å². The van der Waals surface area contributed by atoms with Gasteiger partial charge in [-0.15, -0.1) is 0 Å². The zero-order chi connectivity index (χ0) is 25.4. The van der Waals surface area contributed by atoms with Crippen LogP contribution in [0.2, 0.25) is 0 Å². The number of aromatic nitrogens is 2. The third-order valence-corrected chi connectivity index (χ3v) is 6.20. The van der Waals surface area contributed by atoms with Crippen molar-refractivity contribution < 1.29 is 14.3 Å². The van der Waals surface area contributed by atoms with Gasteiger partial charge in [-0.05, 0) is 73.9 Å². The zero-order valence-electron chi connectivity index (χ0n) is 21.1. The van der Waals surface area contributed by atoms with Crippen LogP contribution in [0.5, 0.6) is 11.5 Å². The number of fused-ring (bicyclic) bond motifs is 2. The van der Waals surface area contributed by atoms with Gasteiger partial charge in [0.05, 0.1) is 29.4 Å². The minimum Gasteiger partial charge on any atom is -0.494 e. The number of benzene rings is 3. The highest BCUT2D eigenvalue weighted by Gasteiger charge is 2.25. The molecular weight excluding hydrogens is 452 g/mol. The molecule has 4 aromatic rings. The van der Waals surface area contributed by atoms with Crippen molar-refractivity contribution in [1.29, 1.82) is 0 Å². The molecule has 7 heteroatoms. The molecule has 184 valence electrons. The number of nitrogens with one attached hydrogen (secondary N) is 3. The van der Waals surface area contributed by atoms with Crippen molar-refractivity contribution in [2.75, 3.05) is 17.7 Å². The molecule has 0 spiro atoms. The molecule has 2 amide bonds. The fourth-order valence-corrected chi connectivity index (χ4v) is 4.30. The van der Waals surface area contributed by atoms with Gasteiger partial charge in [0.2, 0.25) is 0 Å². The second-order valence-electron chi connectivity index (χ2n) is 9.77.